The summed E-state index contributed by atoms with van der Waals surface area (Å²) in [7, 11) is 0. The van der Waals surface area contributed by atoms with Gasteiger partial charge in [-0.25, -0.2) is 4.98 Å². The fourth-order valence-electron chi connectivity index (χ4n) is 0.988. The molecule has 1 N–H and O–H groups in total. The molecule has 0 bridgehead atoms. The van der Waals surface area contributed by atoms with E-state index in [1.54, 1.807) is 23.7 Å². The molecule has 13 heavy (non-hydrogen) atoms. The third-order valence-electron chi connectivity index (χ3n) is 1.61. The number of aromatic nitrogens is 2. The lowest BCUT2D eigenvalue weighted by Crippen LogP contribution is -1.98. The maximum absolute atomic E-state index is 4.17. The lowest BCUT2D eigenvalue weighted by atomic mass is 10.4. The summed E-state index contributed by atoms with van der Waals surface area (Å²) in [6, 6.07) is 3.88. The minimum absolute atomic E-state index is 0.779. The third-order valence-corrected chi connectivity index (χ3v) is 2.39. The van der Waals surface area contributed by atoms with E-state index in [-0.39, 0.29) is 0 Å². The summed E-state index contributed by atoms with van der Waals surface area (Å²) in [5, 5.41) is 6.32. The van der Waals surface area contributed by atoms with Crippen LogP contribution in [-0.4, -0.2) is 9.97 Å². The van der Waals surface area contributed by atoms with E-state index in [1.165, 1.54) is 0 Å². The number of anilines is 1. The molecule has 0 unspecified atom stereocenters. The van der Waals surface area contributed by atoms with Gasteiger partial charge in [-0.2, -0.15) is 0 Å². The summed E-state index contributed by atoms with van der Waals surface area (Å²) >= 11 is 1.65. The van der Waals surface area contributed by atoms with Gasteiger partial charge in [-0.3, -0.25) is 4.98 Å². The van der Waals surface area contributed by atoms with E-state index >= 15 is 0 Å². The van der Waals surface area contributed by atoms with Gasteiger partial charge in [0, 0.05) is 29.7 Å². The van der Waals surface area contributed by atoms with Crippen LogP contribution in [0.2, 0.25) is 0 Å². The predicted octanol–water partition coefficient (Wildman–Crippen LogP) is 2.15. The number of hydrogen-bond donors (Lipinski definition) is 1. The molecule has 0 fully saturated rings. The molecule has 0 spiro atoms. The van der Waals surface area contributed by atoms with Crippen molar-refractivity contribution >= 4 is 17.0 Å². The van der Waals surface area contributed by atoms with Crippen LogP contribution < -0.4 is 5.32 Å². The Kier molecular flexibility index (Phi) is 2.52. The van der Waals surface area contributed by atoms with Crippen LogP contribution in [0.1, 0.15) is 5.01 Å². The Morgan fingerprint density at radius 2 is 2.08 bits per heavy atom. The zero-order valence-corrected chi connectivity index (χ0v) is 7.79. The quantitative estimate of drug-likeness (QED) is 0.807. The lowest BCUT2D eigenvalue weighted by molar-refractivity contribution is 1.10. The normalized spacial score (nSPS) is 9.85. The first kappa shape index (κ1) is 8.19. The van der Waals surface area contributed by atoms with Crippen molar-refractivity contribution in [1.82, 2.24) is 9.97 Å². The van der Waals surface area contributed by atoms with Gasteiger partial charge < -0.3 is 5.32 Å². The Bertz CT molecular complexity index is 344. The Labute approximate surface area is 80.5 Å². The smallest absolute Gasteiger partial charge is 0.112 e. The van der Waals surface area contributed by atoms with Crippen LogP contribution in [0.25, 0.3) is 0 Å². The van der Waals surface area contributed by atoms with Gasteiger partial charge >= 0.3 is 0 Å². The fourth-order valence-corrected chi connectivity index (χ4v) is 1.54. The summed E-state index contributed by atoms with van der Waals surface area (Å²) in [4.78, 5) is 8.11. The Balaban J connectivity index is 1.94. The van der Waals surface area contributed by atoms with Gasteiger partial charge in [0.05, 0.1) is 6.54 Å². The Morgan fingerprint density at radius 3 is 2.77 bits per heavy atom. The summed E-state index contributed by atoms with van der Waals surface area (Å²) in [5.74, 6) is 0. The van der Waals surface area contributed by atoms with Crippen LogP contribution in [0.5, 0.6) is 0 Å². The molecule has 3 nitrogen and oxygen atoms in total. The number of thiazole rings is 1. The lowest BCUT2D eigenvalue weighted by Gasteiger charge is -2.01. The van der Waals surface area contributed by atoms with Gasteiger partial charge in [0.15, 0.2) is 0 Å². The van der Waals surface area contributed by atoms with Gasteiger partial charge in [0.2, 0.25) is 0 Å². The van der Waals surface area contributed by atoms with E-state index in [0.29, 0.717) is 0 Å². The molecule has 2 rings (SSSR count). The topological polar surface area (TPSA) is 37.8 Å². The van der Waals surface area contributed by atoms with Gasteiger partial charge in [-0.05, 0) is 12.1 Å². The maximum atomic E-state index is 4.17. The number of nitrogens with zero attached hydrogens (tertiary/aromatic N) is 2. The van der Waals surface area contributed by atoms with E-state index in [0.717, 1.165) is 17.2 Å². The van der Waals surface area contributed by atoms with E-state index in [1.807, 2.05) is 23.7 Å². The van der Waals surface area contributed by atoms with Gasteiger partial charge in [-0.1, -0.05) is 0 Å². The Morgan fingerprint density at radius 1 is 1.23 bits per heavy atom. The molecule has 0 amide bonds. The molecule has 0 saturated heterocycles. The van der Waals surface area contributed by atoms with E-state index < -0.39 is 0 Å². The molecule has 0 aliphatic rings. The highest BCUT2D eigenvalue weighted by Gasteiger charge is 1.94. The fraction of sp³-hybridized carbons (Fsp3) is 0.111. The number of hydrogen-bond acceptors (Lipinski definition) is 4. The zero-order chi connectivity index (χ0) is 8.93. The van der Waals surface area contributed by atoms with Crippen molar-refractivity contribution < 1.29 is 0 Å². The molecule has 2 heterocycles. The van der Waals surface area contributed by atoms with Gasteiger partial charge in [0.1, 0.15) is 5.01 Å². The third kappa shape index (κ3) is 2.26. The largest absolute Gasteiger partial charge is 0.378 e. The van der Waals surface area contributed by atoms with Crippen molar-refractivity contribution in [2.45, 2.75) is 6.54 Å². The molecule has 0 aliphatic carbocycles. The standard InChI is InChI=1S/C9H9N3S/c1-3-10-4-2-8(1)12-7-9-11-5-6-13-9/h1-6H,7H2,(H,10,12). The van der Waals surface area contributed by atoms with E-state index in [4.69, 9.17) is 0 Å². The molecule has 2 aromatic heterocycles. The van der Waals surface area contributed by atoms with Crippen LogP contribution in [0.3, 0.4) is 0 Å². The first-order valence-corrected chi connectivity index (χ1v) is 4.85. The summed E-state index contributed by atoms with van der Waals surface area (Å²) in [6.45, 7) is 0.779. The molecule has 0 radical (unpaired) electrons. The van der Waals surface area contributed by atoms with Crippen LogP contribution in [0.15, 0.2) is 36.1 Å². The minimum Gasteiger partial charge on any atom is -0.378 e. The first-order valence-electron chi connectivity index (χ1n) is 3.97. The minimum atomic E-state index is 0.779. The number of rotatable bonds is 3. The van der Waals surface area contributed by atoms with Crippen molar-refractivity contribution in [3.8, 4) is 0 Å². The highest BCUT2D eigenvalue weighted by molar-refractivity contribution is 7.09. The summed E-state index contributed by atoms with van der Waals surface area (Å²) in [6.07, 6.45) is 5.35. The van der Waals surface area contributed by atoms with Gasteiger partial charge in [-0.15, -0.1) is 11.3 Å². The average Bonchev–Trinajstić information content (AvgIpc) is 2.69. The van der Waals surface area contributed by atoms with Crippen LogP contribution >= 0.6 is 11.3 Å². The van der Waals surface area contributed by atoms with Crippen molar-refractivity contribution in [3.63, 3.8) is 0 Å². The number of pyridine rings is 1. The molecule has 0 aromatic carbocycles. The van der Waals surface area contributed by atoms with E-state index in [2.05, 4.69) is 15.3 Å². The molecule has 2 aromatic rings. The molecule has 0 saturated carbocycles. The molecule has 0 aliphatic heterocycles. The zero-order valence-electron chi connectivity index (χ0n) is 6.97. The second kappa shape index (κ2) is 4.00. The van der Waals surface area contributed by atoms with Crippen LogP contribution in [0.4, 0.5) is 5.69 Å². The molecule has 66 valence electrons. The maximum Gasteiger partial charge on any atom is 0.112 e. The second-order valence-corrected chi connectivity index (χ2v) is 3.49. The van der Waals surface area contributed by atoms with Crippen molar-refractivity contribution in [1.29, 1.82) is 0 Å². The van der Waals surface area contributed by atoms with E-state index in [9.17, 15) is 0 Å². The molecule has 0 atom stereocenters. The SMILES string of the molecule is c1cc(NCc2nccs2)ccn1. The van der Waals surface area contributed by atoms with Crippen molar-refractivity contribution in [2.24, 2.45) is 0 Å². The predicted molar refractivity (Wildman–Crippen MR) is 53.7 cm³/mol. The first-order chi connectivity index (χ1) is 6.45. The van der Waals surface area contributed by atoms with Gasteiger partial charge in [0.25, 0.3) is 0 Å². The van der Waals surface area contributed by atoms with Crippen LogP contribution in [-0.2, 0) is 6.54 Å². The summed E-state index contributed by atoms with van der Waals surface area (Å²) < 4.78 is 0. The van der Waals surface area contributed by atoms with Crippen molar-refractivity contribution in [2.75, 3.05) is 5.32 Å². The average molecular weight is 191 g/mol. The molecule has 4 heteroatoms. The highest BCUT2D eigenvalue weighted by atomic mass is 32.1. The summed E-state index contributed by atoms with van der Waals surface area (Å²) in [5.41, 5.74) is 1.07. The number of nitrogens with one attached hydrogen (secondary N) is 1. The molecular formula is C9H9N3S. The monoisotopic (exact) mass is 191 g/mol. The van der Waals surface area contributed by atoms with Crippen molar-refractivity contribution in [3.05, 3.63) is 41.1 Å². The highest BCUT2D eigenvalue weighted by Crippen LogP contribution is 2.08. The second-order valence-electron chi connectivity index (χ2n) is 2.52. The Hall–Kier alpha value is -1.42. The molecular weight excluding hydrogens is 182 g/mol. The van der Waals surface area contributed by atoms with Crippen LogP contribution in [0, 0.1) is 0 Å².